The highest BCUT2D eigenvalue weighted by atomic mass is 19.4. The van der Waals surface area contributed by atoms with E-state index in [0.717, 1.165) is 12.5 Å². The second-order valence-electron chi connectivity index (χ2n) is 4.89. The number of hydrogen-bond donors (Lipinski definition) is 1. The minimum absolute atomic E-state index is 0.132. The Morgan fingerprint density at radius 1 is 1.40 bits per heavy atom. The number of nitrogens with one attached hydrogen (secondary N) is 1. The van der Waals surface area contributed by atoms with E-state index in [9.17, 15) is 18.0 Å². The van der Waals surface area contributed by atoms with Crippen LogP contribution in [0.15, 0.2) is 24.3 Å². The molecule has 1 atom stereocenters. The van der Waals surface area contributed by atoms with Gasteiger partial charge in [0.05, 0.1) is 12.1 Å². The molecule has 1 aromatic carbocycles. The van der Waals surface area contributed by atoms with Gasteiger partial charge in [-0.2, -0.15) is 13.2 Å². The highest BCUT2D eigenvalue weighted by Crippen LogP contribution is 2.39. The van der Waals surface area contributed by atoms with Crippen molar-refractivity contribution in [1.29, 1.82) is 0 Å². The van der Waals surface area contributed by atoms with E-state index in [1.807, 2.05) is 4.90 Å². The summed E-state index contributed by atoms with van der Waals surface area (Å²) < 4.78 is 39.2. The Balaban J connectivity index is 2.28. The van der Waals surface area contributed by atoms with Gasteiger partial charge in [-0.1, -0.05) is 18.2 Å². The number of rotatable bonds is 3. The van der Waals surface area contributed by atoms with Crippen LogP contribution in [0.3, 0.4) is 0 Å². The Kier molecular flexibility index (Phi) is 4.32. The SMILES string of the molecule is CNC(=O)CN1CCC[C@H]1c1ccccc1C(F)(F)F. The van der Waals surface area contributed by atoms with E-state index in [4.69, 9.17) is 0 Å². The van der Waals surface area contributed by atoms with Crippen LogP contribution in [0.4, 0.5) is 13.2 Å². The molecule has 0 spiro atoms. The summed E-state index contributed by atoms with van der Waals surface area (Å²) in [6, 6.07) is 5.28. The first kappa shape index (κ1) is 14.8. The van der Waals surface area contributed by atoms with Crippen molar-refractivity contribution in [2.24, 2.45) is 0 Å². The highest BCUT2D eigenvalue weighted by molar-refractivity contribution is 5.77. The van der Waals surface area contributed by atoms with Crippen LogP contribution in [0.1, 0.15) is 30.0 Å². The van der Waals surface area contributed by atoms with E-state index in [2.05, 4.69) is 5.32 Å². The number of carbonyl (C=O) groups excluding carboxylic acids is 1. The fourth-order valence-corrected chi connectivity index (χ4v) is 2.68. The molecular weight excluding hydrogens is 269 g/mol. The van der Waals surface area contributed by atoms with Gasteiger partial charge in [-0.3, -0.25) is 9.69 Å². The van der Waals surface area contributed by atoms with Gasteiger partial charge >= 0.3 is 6.18 Å². The second kappa shape index (κ2) is 5.83. The third kappa shape index (κ3) is 3.12. The topological polar surface area (TPSA) is 32.3 Å². The molecule has 20 heavy (non-hydrogen) atoms. The Morgan fingerprint density at radius 2 is 2.10 bits per heavy atom. The van der Waals surface area contributed by atoms with Gasteiger partial charge in [0.15, 0.2) is 0 Å². The minimum atomic E-state index is -4.36. The van der Waals surface area contributed by atoms with E-state index >= 15 is 0 Å². The van der Waals surface area contributed by atoms with Crippen molar-refractivity contribution in [2.45, 2.75) is 25.1 Å². The van der Waals surface area contributed by atoms with Gasteiger partial charge in [0, 0.05) is 13.1 Å². The third-order valence-corrected chi connectivity index (χ3v) is 3.61. The summed E-state index contributed by atoms with van der Waals surface area (Å²) in [7, 11) is 1.52. The van der Waals surface area contributed by atoms with Crippen molar-refractivity contribution < 1.29 is 18.0 Å². The maximum absolute atomic E-state index is 13.1. The van der Waals surface area contributed by atoms with Crippen molar-refractivity contribution in [3.05, 3.63) is 35.4 Å². The fraction of sp³-hybridized carbons (Fsp3) is 0.500. The molecule has 0 bridgehead atoms. The average molecular weight is 286 g/mol. The monoisotopic (exact) mass is 286 g/mol. The average Bonchev–Trinajstić information content (AvgIpc) is 2.85. The molecule has 1 saturated heterocycles. The van der Waals surface area contributed by atoms with Crippen LogP contribution in [0.2, 0.25) is 0 Å². The first-order valence-electron chi connectivity index (χ1n) is 6.54. The van der Waals surface area contributed by atoms with Crippen LogP contribution in [-0.4, -0.2) is 30.9 Å². The second-order valence-corrected chi connectivity index (χ2v) is 4.89. The molecule has 1 amide bonds. The Hall–Kier alpha value is -1.56. The Bertz CT molecular complexity index is 488. The molecular formula is C14H17F3N2O. The molecule has 1 aliphatic heterocycles. The number of likely N-dealkylation sites (tertiary alicyclic amines) is 1. The molecule has 110 valence electrons. The van der Waals surface area contributed by atoms with Gasteiger partial charge in [-0.05, 0) is 31.0 Å². The van der Waals surface area contributed by atoms with Crippen LogP contribution in [0.25, 0.3) is 0 Å². The lowest BCUT2D eigenvalue weighted by Gasteiger charge is -2.26. The molecule has 1 N–H and O–H groups in total. The molecule has 2 rings (SSSR count). The molecule has 3 nitrogen and oxygen atoms in total. The predicted molar refractivity (Wildman–Crippen MR) is 69.1 cm³/mol. The van der Waals surface area contributed by atoms with Crippen LogP contribution in [0.5, 0.6) is 0 Å². The number of carbonyl (C=O) groups is 1. The summed E-state index contributed by atoms with van der Waals surface area (Å²) in [6.45, 7) is 0.775. The van der Waals surface area contributed by atoms with Crippen molar-refractivity contribution in [3.8, 4) is 0 Å². The largest absolute Gasteiger partial charge is 0.416 e. The fourth-order valence-electron chi connectivity index (χ4n) is 2.68. The van der Waals surface area contributed by atoms with Gasteiger partial charge < -0.3 is 5.32 Å². The van der Waals surface area contributed by atoms with Crippen molar-refractivity contribution in [3.63, 3.8) is 0 Å². The van der Waals surface area contributed by atoms with Crippen LogP contribution in [-0.2, 0) is 11.0 Å². The quantitative estimate of drug-likeness (QED) is 0.926. The summed E-state index contributed by atoms with van der Waals surface area (Å²) in [5.41, 5.74) is -0.338. The summed E-state index contributed by atoms with van der Waals surface area (Å²) in [4.78, 5) is 13.3. The molecule has 0 radical (unpaired) electrons. The van der Waals surface area contributed by atoms with Gasteiger partial charge in [0.25, 0.3) is 0 Å². The minimum Gasteiger partial charge on any atom is -0.358 e. The number of alkyl halides is 3. The van der Waals surface area contributed by atoms with Gasteiger partial charge in [-0.25, -0.2) is 0 Å². The normalized spacial score (nSPS) is 20.1. The predicted octanol–water partition coefficient (Wildman–Crippen LogP) is 2.59. The molecule has 0 saturated carbocycles. The molecule has 0 aromatic heterocycles. The zero-order valence-electron chi connectivity index (χ0n) is 11.2. The summed E-state index contributed by atoms with van der Waals surface area (Å²) >= 11 is 0. The maximum Gasteiger partial charge on any atom is 0.416 e. The number of nitrogens with zero attached hydrogens (tertiary/aromatic N) is 1. The molecule has 6 heteroatoms. The smallest absolute Gasteiger partial charge is 0.358 e. The number of benzene rings is 1. The number of hydrogen-bond acceptors (Lipinski definition) is 2. The maximum atomic E-state index is 13.1. The first-order valence-corrected chi connectivity index (χ1v) is 6.54. The number of halogens is 3. The van der Waals surface area contributed by atoms with Gasteiger partial charge in [0.2, 0.25) is 5.91 Å². The lowest BCUT2D eigenvalue weighted by Crippen LogP contribution is -2.35. The zero-order valence-corrected chi connectivity index (χ0v) is 11.2. The van der Waals surface area contributed by atoms with Crippen LogP contribution in [0, 0.1) is 0 Å². The molecule has 1 fully saturated rings. The summed E-state index contributed by atoms with van der Waals surface area (Å²) in [5.74, 6) is -0.179. The Labute approximate surface area is 115 Å². The zero-order chi connectivity index (χ0) is 14.8. The molecule has 1 heterocycles. The van der Waals surface area contributed by atoms with Crippen molar-refractivity contribution in [1.82, 2.24) is 10.2 Å². The first-order chi connectivity index (χ1) is 9.43. The van der Waals surface area contributed by atoms with Crippen LogP contribution < -0.4 is 5.32 Å². The highest BCUT2D eigenvalue weighted by Gasteiger charge is 2.37. The van der Waals surface area contributed by atoms with E-state index in [-0.39, 0.29) is 24.1 Å². The van der Waals surface area contributed by atoms with Gasteiger partial charge in [-0.15, -0.1) is 0 Å². The Morgan fingerprint density at radius 3 is 2.75 bits per heavy atom. The van der Waals surface area contributed by atoms with E-state index in [1.165, 1.54) is 19.2 Å². The van der Waals surface area contributed by atoms with Crippen molar-refractivity contribution >= 4 is 5.91 Å². The lowest BCUT2D eigenvalue weighted by molar-refractivity contribution is -0.138. The summed E-state index contributed by atoms with van der Waals surface area (Å²) in [5, 5.41) is 2.51. The molecule has 1 aromatic rings. The van der Waals surface area contributed by atoms with Crippen molar-refractivity contribution in [2.75, 3.05) is 20.1 Å². The van der Waals surface area contributed by atoms with Gasteiger partial charge in [0.1, 0.15) is 0 Å². The van der Waals surface area contributed by atoms with E-state index in [1.54, 1.807) is 6.07 Å². The third-order valence-electron chi connectivity index (χ3n) is 3.61. The molecule has 1 aliphatic rings. The molecule has 0 aliphatic carbocycles. The number of likely N-dealkylation sites (N-methyl/N-ethyl adjacent to an activating group) is 1. The van der Waals surface area contributed by atoms with E-state index < -0.39 is 11.7 Å². The summed E-state index contributed by atoms with van der Waals surface area (Å²) in [6.07, 6.45) is -2.92. The number of amides is 1. The van der Waals surface area contributed by atoms with Crippen LogP contribution >= 0.6 is 0 Å². The standard InChI is InChI=1S/C14H17F3N2O/c1-18-13(20)9-19-8-4-7-12(19)10-5-2-3-6-11(10)14(15,16)17/h2-3,5-6,12H,4,7-9H2,1H3,(H,18,20)/t12-/m0/s1. The molecule has 0 unspecified atom stereocenters. The lowest BCUT2D eigenvalue weighted by atomic mass is 9.98. The van der Waals surface area contributed by atoms with E-state index in [0.29, 0.717) is 13.0 Å².